The zero-order valence-electron chi connectivity index (χ0n) is 27.9. The molecule has 0 fully saturated rings. The Kier molecular flexibility index (Phi) is 5.46. The van der Waals surface area contributed by atoms with E-state index in [1.165, 1.54) is 54.6 Å². The van der Waals surface area contributed by atoms with Gasteiger partial charge in [0.1, 0.15) is 0 Å². The molecule has 0 amide bonds. The van der Waals surface area contributed by atoms with Crippen LogP contribution in [0.25, 0.3) is 55.5 Å². The molecule has 0 saturated carbocycles. The summed E-state index contributed by atoms with van der Waals surface area (Å²) >= 11 is 0. The van der Waals surface area contributed by atoms with Gasteiger partial charge in [-0.2, -0.15) is 0 Å². The van der Waals surface area contributed by atoms with Gasteiger partial charge in [-0.05, 0) is 90.6 Å². The van der Waals surface area contributed by atoms with Gasteiger partial charge >= 0.3 is 0 Å². The van der Waals surface area contributed by atoms with Crippen LogP contribution in [0.15, 0.2) is 152 Å². The van der Waals surface area contributed by atoms with E-state index in [9.17, 15) is 0 Å². The van der Waals surface area contributed by atoms with Crippen LogP contribution in [0.4, 0.5) is 17.1 Å². The quantitative estimate of drug-likeness (QED) is 0.143. The van der Waals surface area contributed by atoms with Gasteiger partial charge in [0, 0.05) is 22.2 Å². The molecule has 0 atom stereocenters. The van der Waals surface area contributed by atoms with Gasteiger partial charge in [-0.15, -0.1) is 0 Å². The van der Waals surface area contributed by atoms with Crippen molar-refractivity contribution >= 4 is 61.5 Å². The fraction of sp³-hybridized carbons (Fsp3) is 0.0667. The third-order valence-electron chi connectivity index (χ3n) is 9.82. The first-order valence-corrected chi connectivity index (χ1v) is 15.9. The zero-order valence-corrected chi connectivity index (χ0v) is 25.9. The molecule has 0 heterocycles. The molecule has 0 N–H and O–H groups in total. The summed E-state index contributed by atoms with van der Waals surface area (Å²) in [4.78, 5) is 2.30. The molecule has 46 heavy (non-hydrogen) atoms. The minimum Gasteiger partial charge on any atom is -0.310 e. The van der Waals surface area contributed by atoms with E-state index in [1.807, 2.05) is 24.3 Å². The first-order chi connectivity index (χ1) is 23.4. The van der Waals surface area contributed by atoms with Gasteiger partial charge in [0.25, 0.3) is 0 Å². The lowest BCUT2D eigenvalue weighted by Gasteiger charge is -2.27. The second-order valence-electron chi connectivity index (χ2n) is 12.8. The maximum atomic E-state index is 9.09. The molecule has 0 aromatic heterocycles. The van der Waals surface area contributed by atoms with Crippen LogP contribution in [0.2, 0.25) is 0 Å². The van der Waals surface area contributed by atoms with Gasteiger partial charge < -0.3 is 4.90 Å². The number of hydrogen-bond acceptors (Lipinski definition) is 1. The Morgan fingerprint density at radius 2 is 1.11 bits per heavy atom. The minimum absolute atomic E-state index is 0.155. The van der Waals surface area contributed by atoms with E-state index in [0.29, 0.717) is 0 Å². The van der Waals surface area contributed by atoms with Gasteiger partial charge in [0.05, 0.1) is 8.43 Å². The van der Waals surface area contributed by atoms with Crippen molar-refractivity contribution in [2.75, 3.05) is 4.90 Å². The molecule has 8 aromatic carbocycles. The number of anilines is 3. The molecule has 1 nitrogen and oxygen atoms in total. The number of rotatable bonds is 5. The third-order valence-corrected chi connectivity index (χ3v) is 9.82. The monoisotopic (exact) mass is 589 g/mol. The maximum absolute atomic E-state index is 9.09. The Morgan fingerprint density at radius 3 is 1.91 bits per heavy atom. The summed E-state index contributed by atoms with van der Waals surface area (Å²) < 4.78 is 18.2. The van der Waals surface area contributed by atoms with Crippen LogP contribution in [0, 0.1) is 0 Å². The van der Waals surface area contributed by atoms with Crippen LogP contribution < -0.4 is 4.90 Å². The summed E-state index contributed by atoms with van der Waals surface area (Å²) in [5.74, 6) is 0. The van der Waals surface area contributed by atoms with Gasteiger partial charge in [-0.3, -0.25) is 0 Å². The average Bonchev–Trinajstić information content (AvgIpc) is 3.37. The number of benzene rings is 8. The Morgan fingerprint density at radius 1 is 0.500 bits per heavy atom. The molecule has 8 aromatic rings. The Hall–Kier alpha value is -5.66. The van der Waals surface area contributed by atoms with Gasteiger partial charge in [0.15, 0.2) is 0 Å². The fourth-order valence-electron chi connectivity index (χ4n) is 7.54. The lowest BCUT2D eigenvalue weighted by atomic mass is 9.82. The predicted molar refractivity (Wildman–Crippen MR) is 198 cm³/mol. The van der Waals surface area contributed by atoms with Crippen molar-refractivity contribution in [3.05, 3.63) is 174 Å². The molecule has 9 rings (SSSR count). The van der Waals surface area contributed by atoms with E-state index in [0.717, 1.165) is 28.2 Å². The van der Waals surface area contributed by atoms with Crippen LogP contribution in [0.1, 0.15) is 38.8 Å². The largest absolute Gasteiger partial charge is 0.310 e. The molecular formula is C45H33N. The minimum atomic E-state index is -0.155. The van der Waals surface area contributed by atoms with Gasteiger partial charge in [-0.25, -0.2) is 0 Å². The summed E-state index contributed by atoms with van der Waals surface area (Å²) in [6.07, 6.45) is 0. The van der Waals surface area contributed by atoms with Crippen molar-refractivity contribution in [1.82, 2.24) is 0 Å². The van der Waals surface area contributed by atoms with Crippen molar-refractivity contribution in [2.24, 2.45) is 0 Å². The first kappa shape index (κ1) is 24.6. The number of para-hydroxylation sites is 1. The molecule has 0 saturated heterocycles. The second kappa shape index (κ2) is 10.2. The molecular weight excluding hydrogens is 555 g/mol. The Labute approximate surface area is 272 Å². The molecule has 1 aliphatic carbocycles. The highest BCUT2D eigenvalue weighted by Crippen LogP contribution is 2.49. The molecule has 0 bridgehead atoms. The normalized spacial score (nSPS) is 14.6. The lowest BCUT2D eigenvalue weighted by molar-refractivity contribution is 0.660. The van der Waals surface area contributed by atoms with Crippen molar-refractivity contribution in [3.8, 4) is 11.1 Å². The Bertz CT molecular complexity index is 2530. The van der Waals surface area contributed by atoms with Crippen LogP contribution in [-0.4, -0.2) is 0 Å². The number of hydrogen-bond donors (Lipinski definition) is 0. The number of fused-ring (bicyclic) bond motifs is 3. The van der Waals surface area contributed by atoms with E-state index in [1.54, 1.807) is 0 Å². The SMILES string of the molecule is [2H]/C(=C(/[2H])c1ccc2c(c1)C(C)(C)c1ccccc1-2)c1ccc(N(c2ccccc2)c2ccc3ccc4cccc5ccc2c3c45)cc1. The van der Waals surface area contributed by atoms with Crippen LogP contribution >= 0.6 is 0 Å². The smallest absolute Gasteiger partial charge is 0.0629 e. The summed E-state index contributed by atoms with van der Waals surface area (Å²) in [6.45, 7) is 4.49. The highest BCUT2D eigenvalue weighted by atomic mass is 15.1. The van der Waals surface area contributed by atoms with Crippen molar-refractivity contribution in [3.63, 3.8) is 0 Å². The molecule has 0 aliphatic heterocycles. The number of nitrogens with zero attached hydrogens (tertiary/aromatic N) is 1. The van der Waals surface area contributed by atoms with Crippen molar-refractivity contribution in [2.45, 2.75) is 19.3 Å². The molecule has 0 unspecified atom stereocenters. The zero-order chi connectivity index (χ0) is 32.6. The van der Waals surface area contributed by atoms with Gasteiger partial charge in [0.2, 0.25) is 0 Å². The summed E-state index contributed by atoms with van der Waals surface area (Å²) in [7, 11) is 0. The third kappa shape index (κ3) is 4.09. The molecule has 1 aliphatic rings. The molecule has 1 heteroatoms. The highest BCUT2D eigenvalue weighted by Gasteiger charge is 2.34. The lowest BCUT2D eigenvalue weighted by Crippen LogP contribution is -2.14. The van der Waals surface area contributed by atoms with Crippen molar-refractivity contribution < 1.29 is 2.74 Å². The second-order valence-corrected chi connectivity index (χ2v) is 12.8. The first-order valence-electron chi connectivity index (χ1n) is 16.9. The highest BCUT2D eigenvalue weighted by molar-refractivity contribution is 6.25. The Balaban J connectivity index is 1.13. The van der Waals surface area contributed by atoms with Gasteiger partial charge in [-0.1, -0.05) is 147 Å². The van der Waals surface area contributed by atoms with E-state index < -0.39 is 0 Å². The van der Waals surface area contributed by atoms with Crippen molar-refractivity contribution in [1.29, 1.82) is 0 Å². The molecule has 0 radical (unpaired) electrons. The molecule has 218 valence electrons. The van der Waals surface area contributed by atoms with E-state index in [2.05, 4.69) is 146 Å². The van der Waals surface area contributed by atoms with E-state index in [4.69, 9.17) is 2.74 Å². The van der Waals surface area contributed by atoms with E-state index in [-0.39, 0.29) is 17.5 Å². The van der Waals surface area contributed by atoms with Crippen LogP contribution in [0.5, 0.6) is 0 Å². The van der Waals surface area contributed by atoms with Crippen LogP contribution in [-0.2, 0) is 5.41 Å². The summed E-state index contributed by atoms with van der Waals surface area (Å²) in [6, 6.07) is 53.6. The molecule has 0 spiro atoms. The predicted octanol–water partition coefficient (Wildman–Crippen LogP) is 12.5. The van der Waals surface area contributed by atoms with Crippen LogP contribution in [0.3, 0.4) is 0 Å². The average molecular weight is 590 g/mol. The summed E-state index contributed by atoms with van der Waals surface area (Å²) in [5, 5.41) is 7.49. The standard InChI is InChI=1S/C45H33N/c1-45(2)40-14-7-6-13-37(40)38-26-19-31(29-41(38)45)16-15-30-17-24-36(25-18-30)46(35-11-4-3-5-12-35)42-28-23-34-21-20-32-9-8-10-33-22-27-39(42)44(34)43(32)33/h3-29H,1-2H3/b16-15+/i15D,16D. The fourth-order valence-corrected chi connectivity index (χ4v) is 7.54. The van der Waals surface area contributed by atoms with E-state index >= 15 is 0 Å². The summed E-state index contributed by atoms with van der Waals surface area (Å²) in [5.41, 5.74) is 9.48. The maximum Gasteiger partial charge on any atom is 0.0629 e. The topological polar surface area (TPSA) is 3.24 Å².